The third-order valence-electron chi connectivity index (χ3n) is 2.71. The van der Waals surface area contributed by atoms with Crippen LogP contribution in [0.15, 0.2) is 48.5 Å². The summed E-state index contributed by atoms with van der Waals surface area (Å²) < 4.78 is 0. The minimum atomic E-state index is 0. The van der Waals surface area contributed by atoms with Crippen LogP contribution in [-0.2, 0) is 28.8 Å². The van der Waals surface area contributed by atoms with E-state index in [1.807, 2.05) is 0 Å². The smallest absolute Gasteiger partial charge is 0 e. The predicted molar refractivity (Wildman–Crippen MR) is 54.7 cm³/mol. The van der Waals surface area contributed by atoms with Crippen LogP contribution >= 0.6 is 0 Å². The van der Waals surface area contributed by atoms with Gasteiger partial charge in [-0.05, 0) is 28.7 Å². The zero-order valence-electron chi connectivity index (χ0n) is 7.63. The van der Waals surface area contributed by atoms with E-state index in [9.17, 15) is 0 Å². The van der Waals surface area contributed by atoms with Crippen LogP contribution in [0.25, 0.3) is 11.1 Å². The Hall–Kier alpha value is -0.820. The van der Waals surface area contributed by atoms with Gasteiger partial charge < -0.3 is 0 Å². The van der Waals surface area contributed by atoms with Crippen LogP contribution in [-0.4, -0.2) is 0 Å². The molecule has 73 valence electrons. The van der Waals surface area contributed by atoms with Crippen LogP contribution in [0.3, 0.4) is 0 Å². The van der Waals surface area contributed by atoms with Gasteiger partial charge in [-0.2, -0.15) is 0 Å². The Kier molecular flexibility index (Phi) is 2.60. The first-order valence-corrected chi connectivity index (χ1v) is 4.61. The zero-order valence-corrected chi connectivity index (χ0v) is 9.11. The summed E-state index contributed by atoms with van der Waals surface area (Å²) in [5, 5.41) is 0. The van der Waals surface area contributed by atoms with Gasteiger partial charge in [-0.15, -0.1) is 0 Å². The van der Waals surface area contributed by atoms with E-state index in [2.05, 4.69) is 48.5 Å². The van der Waals surface area contributed by atoms with Crippen molar-refractivity contribution in [3.8, 4) is 11.1 Å². The fourth-order valence-electron chi connectivity index (χ4n) is 2.08. The third kappa shape index (κ3) is 1.36. The first-order chi connectivity index (χ1) is 6.45. The molecule has 0 N–H and O–H groups in total. The number of rotatable bonds is 0. The van der Waals surface area contributed by atoms with Gasteiger partial charge in [-0.1, -0.05) is 48.5 Å². The van der Waals surface area contributed by atoms with Crippen LogP contribution in [0.4, 0.5) is 0 Å². The van der Waals surface area contributed by atoms with Crippen molar-refractivity contribution < 1.29 is 22.4 Å². The molecule has 1 aliphatic rings. The van der Waals surface area contributed by atoms with E-state index in [0.717, 1.165) is 6.42 Å². The van der Waals surface area contributed by atoms with Crippen molar-refractivity contribution in [3.05, 3.63) is 59.7 Å². The third-order valence-corrected chi connectivity index (χ3v) is 2.71. The molecule has 0 nitrogen and oxygen atoms in total. The van der Waals surface area contributed by atoms with Crippen molar-refractivity contribution >= 4 is 0 Å². The molecule has 0 saturated heterocycles. The quantitative estimate of drug-likeness (QED) is 0.552. The molecule has 0 unspecified atom stereocenters. The molecule has 3 rings (SSSR count). The SMILES string of the molecule is [Ag].c1ccc2c(c1)Cc1ccccc1-2. The van der Waals surface area contributed by atoms with Crippen molar-refractivity contribution in [2.75, 3.05) is 0 Å². The molecule has 0 fully saturated rings. The van der Waals surface area contributed by atoms with Crippen molar-refractivity contribution in [2.45, 2.75) is 6.42 Å². The summed E-state index contributed by atoms with van der Waals surface area (Å²) in [6, 6.07) is 17.3. The fourth-order valence-corrected chi connectivity index (χ4v) is 2.08. The van der Waals surface area contributed by atoms with Gasteiger partial charge in [0.2, 0.25) is 0 Å². The van der Waals surface area contributed by atoms with E-state index in [0.29, 0.717) is 0 Å². The van der Waals surface area contributed by atoms with Crippen molar-refractivity contribution in [1.82, 2.24) is 0 Å². The van der Waals surface area contributed by atoms with Crippen molar-refractivity contribution in [3.63, 3.8) is 0 Å². The van der Waals surface area contributed by atoms with Gasteiger partial charge in [-0.3, -0.25) is 0 Å². The molecule has 0 heterocycles. The Morgan fingerprint density at radius 2 is 1.07 bits per heavy atom. The van der Waals surface area contributed by atoms with Crippen LogP contribution < -0.4 is 0 Å². The second-order valence-electron chi connectivity index (χ2n) is 3.49. The summed E-state index contributed by atoms with van der Waals surface area (Å²) in [5.41, 5.74) is 5.75. The molecule has 14 heavy (non-hydrogen) atoms. The molecule has 0 amide bonds. The summed E-state index contributed by atoms with van der Waals surface area (Å²) >= 11 is 0. The van der Waals surface area contributed by atoms with Gasteiger partial charge in [0.1, 0.15) is 0 Å². The first kappa shape index (κ1) is 9.72. The molecule has 0 spiro atoms. The van der Waals surface area contributed by atoms with Gasteiger partial charge >= 0.3 is 0 Å². The summed E-state index contributed by atoms with van der Waals surface area (Å²) in [4.78, 5) is 0. The van der Waals surface area contributed by atoms with Gasteiger partial charge in [0.05, 0.1) is 0 Å². The Labute approximate surface area is 99.5 Å². The molecule has 2 aromatic rings. The minimum Gasteiger partial charge on any atom is -0.0619 e. The normalized spacial score (nSPS) is 11.4. The second kappa shape index (κ2) is 3.74. The molecular formula is C13H10Ag. The standard InChI is InChI=1S/C13H10.Ag/c1-3-7-12-10(5-1)9-11-6-2-4-8-13(11)12;/h1-8H,9H2;. The van der Waals surface area contributed by atoms with Crippen molar-refractivity contribution in [2.24, 2.45) is 0 Å². The molecule has 0 aromatic heterocycles. The molecule has 0 saturated carbocycles. The van der Waals surface area contributed by atoms with Crippen LogP contribution in [0.2, 0.25) is 0 Å². The molecule has 0 bridgehead atoms. The summed E-state index contributed by atoms with van der Waals surface area (Å²) in [6.45, 7) is 0. The fraction of sp³-hybridized carbons (Fsp3) is 0.0769. The molecule has 0 aliphatic heterocycles. The van der Waals surface area contributed by atoms with E-state index >= 15 is 0 Å². The molecule has 1 radical (unpaired) electrons. The van der Waals surface area contributed by atoms with Gasteiger partial charge in [0.25, 0.3) is 0 Å². The average molecular weight is 274 g/mol. The molecule has 1 heteroatoms. The van der Waals surface area contributed by atoms with E-state index in [-0.39, 0.29) is 22.4 Å². The topological polar surface area (TPSA) is 0 Å². The maximum absolute atomic E-state index is 2.22. The Morgan fingerprint density at radius 3 is 1.57 bits per heavy atom. The van der Waals surface area contributed by atoms with Gasteiger partial charge in [-0.25, -0.2) is 0 Å². The largest absolute Gasteiger partial charge is 0.0619 e. The summed E-state index contributed by atoms with van der Waals surface area (Å²) in [7, 11) is 0. The number of fused-ring (bicyclic) bond motifs is 3. The minimum absolute atomic E-state index is 0. The van der Waals surface area contributed by atoms with Gasteiger partial charge in [0, 0.05) is 22.4 Å². The van der Waals surface area contributed by atoms with Crippen LogP contribution in [0.5, 0.6) is 0 Å². The monoisotopic (exact) mass is 273 g/mol. The predicted octanol–water partition coefficient (Wildman–Crippen LogP) is 3.26. The Balaban J connectivity index is 0.000000750. The summed E-state index contributed by atoms with van der Waals surface area (Å²) in [6.07, 6.45) is 1.10. The second-order valence-corrected chi connectivity index (χ2v) is 3.49. The Morgan fingerprint density at radius 1 is 0.643 bits per heavy atom. The molecule has 1 aliphatic carbocycles. The number of hydrogen-bond acceptors (Lipinski definition) is 0. The van der Waals surface area contributed by atoms with Crippen LogP contribution in [0, 0.1) is 0 Å². The average Bonchev–Trinajstić information content (AvgIpc) is 2.56. The Bertz CT molecular complexity index is 417. The van der Waals surface area contributed by atoms with Crippen LogP contribution in [0.1, 0.15) is 11.1 Å². The maximum atomic E-state index is 2.22. The molecule has 0 atom stereocenters. The molecule has 2 aromatic carbocycles. The first-order valence-electron chi connectivity index (χ1n) is 4.61. The van der Waals surface area contributed by atoms with Crippen molar-refractivity contribution in [1.29, 1.82) is 0 Å². The van der Waals surface area contributed by atoms with E-state index in [4.69, 9.17) is 0 Å². The van der Waals surface area contributed by atoms with E-state index in [1.54, 1.807) is 0 Å². The van der Waals surface area contributed by atoms with E-state index in [1.165, 1.54) is 22.3 Å². The summed E-state index contributed by atoms with van der Waals surface area (Å²) in [5.74, 6) is 0. The number of benzene rings is 2. The van der Waals surface area contributed by atoms with E-state index < -0.39 is 0 Å². The number of hydrogen-bond donors (Lipinski definition) is 0. The zero-order chi connectivity index (χ0) is 8.67. The molecular weight excluding hydrogens is 264 g/mol. The van der Waals surface area contributed by atoms with Gasteiger partial charge in [0.15, 0.2) is 0 Å². The maximum Gasteiger partial charge on any atom is 0 e.